The van der Waals surface area contributed by atoms with Gasteiger partial charge in [-0.25, -0.2) is 0 Å². The van der Waals surface area contributed by atoms with Crippen LogP contribution in [0, 0.1) is 11.3 Å². The Morgan fingerprint density at radius 2 is 2.11 bits per heavy atom. The van der Waals surface area contributed by atoms with Crippen LogP contribution in [0.3, 0.4) is 0 Å². The van der Waals surface area contributed by atoms with Crippen molar-refractivity contribution >= 4 is 21.6 Å². The number of likely N-dealkylation sites (tertiary alicyclic amines) is 1. The van der Waals surface area contributed by atoms with Crippen molar-refractivity contribution in [3.63, 3.8) is 0 Å². The maximum Gasteiger partial charge on any atom is 0.0992 e. The highest BCUT2D eigenvalue weighted by Gasteiger charge is 2.16. The minimum Gasteiger partial charge on any atom is -0.383 e. The molecule has 1 fully saturated rings. The minimum absolute atomic E-state index is 0.544. The zero-order chi connectivity index (χ0) is 13.7. The number of nitriles is 1. The minimum atomic E-state index is 0.544. The van der Waals surface area contributed by atoms with Crippen LogP contribution in [0.4, 0.5) is 5.69 Å². The number of anilines is 1. The van der Waals surface area contributed by atoms with Gasteiger partial charge in [0.25, 0.3) is 0 Å². The van der Waals surface area contributed by atoms with E-state index in [0.29, 0.717) is 11.6 Å². The fraction of sp³-hybridized carbons (Fsp3) is 0.533. The standard InChI is InChI=1S/C15H20BrN3/c1-12(19-7-3-2-4-8-19)11-18-15-6-5-13(10-17)9-14(15)16/h5-6,9,12,18H,2-4,7-8,11H2,1H3. The monoisotopic (exact) mass is 321 g/mol. The largest absolute Gasteiger partial charge is 0.383 e. The molecule has 1 atom stereocenters. The molecule has 0 aromatic heterocycles. The van der Waals surface area contributed by atoms with Crippen molar-refractivity contribution in [3.8, 4) is 6.07 Å². The van der Waals surface area contributed by atoms with Crippen LogP contribution in [-0.2, 0) is 0 Å². The summed E-state index contributed by atoms with van der Waals surface area (Å²) in [7, 11) is 0. The lowest BCUT2D eigenvalue weighted by Crippen LogP contribution is -2.41. The second-order valence-electron chi connectivity index (χ2n) is 5.13. The Morgan fingerprint density at radius 3 is 2.74 bits per heavy atom. The first-order valence-electron chi connectivity index (χ1n) is 6.88. The van der Waals surface area contributed by atoms with E-state index < -0.39 is 0 Å². The normalized spacial score (nSPS) is 17.7. The Kier molecular flexibility index (Phi) is 5.24. The summed E-state index contributed by atoms with van der Waals surface area (Å²) in [5, 5.41) is 12.3. The van der Waals surface area contributed by atoms with Crippen molar-refractivity contribution in [2.75, 3.05) is 25.0 Å². The third-order valence-electron chi connectivity index (χ3n) is 3.70. The van der Waals surface area contributed by atoms with E-state index >= 15 is 0 Å². The summed E-state index contributed by atoms with van der Waals surface area (Å²) < 4.78 is 0.956. The van der Waals surface area contributed by atoms with Crippen LogP contribution in [-0.4, -0.2) is 30.6 Å². The van der Waals surface area contributed by atoms with Gasteiger partial charge in [0.1, 0.15) is 0 Å². The summed E-state index contributed by atoms with van der Waals surface area (Å²) >= 11 is 3.51. The molecule has 0 radical (unpaired) electrons. The number of hydrogen-bond acceptors (Lipinski definition) is 3. The van der Waals surface area contributed by atoms with Crippen LogP contribution in [0.25, 0.3) is 0 Å². The van der Waals surface area contributed by atoms with Crippen LogP contribution in [0.2, 0.25) is 0 Å². The summed E-state index contributed by atoms with van der Waals surface area (Å²) in [5.74, 6) is 0. The number of piperidine rings is 1. The van der Waals surface area contributed by atoms with Crippen molar-refractivity contribution in [1.82, 2.24) is 4.90 Å². The number of nitrogens with one attached hydrogen (secondary N) is 1. The fourth-order valence-corrected chi connectivity index (χ4v) is 2.99. The van der Waals surface area contributed by atoms with E-state index in [1.54, 1.807) is 0 Å². The van der Waals surface area contributed by atoms with Gasteiger partial charge in [-0.2, -0.15) is 5.26 Å². The number of nitrogens with zero attached hydrogens (tertiary/aromatic N) is 2. The molecule has 2 rings (SSSR count). The average Bonchev–Trinajstić information content (AvgIpc) is 2.46. The summed E-state index contributed by atoms with van der Waals surface area (Å²) in [6.45, 7) is 5.65. The molecule has 0 aliphatic carbocycles. The molecule has 0 bridgehead atoms. The predicted octanol–water partition coefficient (Wildman–Crippen LogP) is 3.61. The molecule has 1 N–H and O–H groups in total. The second-order valence-corrected chi connectivity index (χ2v) is 5.99. The Balaban J connectivity index is 1.89. The smallest absolute Gasteiger partial charge is 0.0992 e. The Labute approximate surface area is 123 Å². The summed E-state index contributed by atoms with van der Waals surface area (Å²) in [6, 6.07) is 8.35. The first-order valence-corrected chi connectivity index (χ1v) is 7.67. The Morgan fingerprint density at radius 1 is 1.37 bits per heavy atom. The first-order chi connectivity index (χ1) is 9.20. The van der Waals surface area contributed by atoms with Crippen molar-refractivity contribution in [2.24, 2.45) is 0 Å². The maximum absolute atomic E-state index is 8.84. The summed E-state index contributed by atoms with van der Waals surface area (Å²) in [4.78, 5) is 2.55. The van der Waals surface area contributed by atoms with E-state index in [0.717, 1.165) is 16.7 Å². The third kappa shape index (κ3) is 3.95. The lowest BCUT2D eigenvalue weighted by Gasteiger charge is -2.32. The zero-order valence-corrected chi connectivity index (χ0v) is 12.9. The molecule has 1 aromatic carbocycles. The first kappa shape index (κ1) is 14.4. The van der Waals surface area contributed by atoms with Crippen LogP contribution in [0.5, 0.6) is 0 Å². The zero-order valence-electron chi connectivity index (χ0n) is 11.3. The Hall–Kier alpha value is -1.05. The molecule has 3 nitrogen and oxygen atoms in total. The summed E-state index contributed by atoms with van der Waals surface area (Å²) in [6.07, 6.45) is 4.02. The van der Waals surface area contributed by atoms with Crippen molar-refractivity contribution < 1.29 is 0 Å². The van der Waals surface area contributed by atoms with Gasteiger partial charge in [0.05, 0.1) is 11.6 Å². The van der Waals surface area contributed by atoms with Gasteiger partial charge < -0.3 is 5.32 Å². The lowest BCUT2D eigenvalue weighted by atomic mass is 10.1. The van der Waals surface area contributed by atoms with Gasteiger partial charge in [-0.05, 0) is 67.0 Å². The molecule has 102 valence electrons. The molecular formula is C15H20BrN3. The quantitative estimate of drug-likeness (QED) is 0.920. The number of benzene rings is 1. The SMILES string of the molecule is CC(CNc1ccc(C#N)cc1Br)N1CCCCC1. The molecule has 0 amide bonds. The second kappa shape index (κ2) is 6.93. The van der Waals surface area contributed by atoms with Gasteiger partial charge in [-0.3, -0.25) is 4.90 Å². The molecule has 1 aliphatic heterocycles. The molecule has 1 unspecified atom stereocenters. The van der Waals surface area contributed by atoms with Crippen LogP contribution in [0.1, 0.15) is 31.7 Å². The fourth-order valence-electron chi connectivity index (χ4n) is 2.47. The Bertz CT molecular complexity index is 461. The van der Waals surface area contributed by atoms with Gasteiger partial charge in [-0.15, -0.1) is 0 Å². The number of halogens is 1. The average molecular weight is 322 g/mol. The van der Waals surface area contributed by atoms with E-state index in [1.165, 1.54) is 32.4 Å². The van der Waals surface area contributed by atoms with Crippen LogP contribution in [0.15, 0.2) is 22.7 Å². The van der Waals surface area contributed by atoms with E-state index in [1.807, 2.05) is 18.2 Å². The summed E-state index contributed by atoms with van der Waals surface area (Å²) in [5.41, 5.74) is 1.74. The maximum atomic E-state index is 8.84. The highest BCUT2D eigenvalue weighted by atomic mass is 79.9. The molecule has 19 heavy (non-hydrogen) atoms. The molecule has 4 heteroatoms. The molecule has 1 saturated heterocycles. The molecule has 0 spiro atoms. The van der Waals surface area contributed by atoms with Gasteiger partial charge >= 0.3 is 0 Å². The number of hydrogen-bond donors (Lipinski definition) is 1. The van der Waals surface area contributed by atoms with E-state index in [9.17, 15) is 0 Å². The van der Waals surface area contributed by atoms with Crippen LogP contribution >= 0.6 is 15.9 Å². The molecule has 1 aliphatic rings. The molecule has 1 aromatic rings. The molecular weight excluding hydrogens is 302 g/mol. The van der Waals surface area contributed by atoms with E-state index in [-0.39, 0.29) is 0 Å². The van der Waals surface area contributed by atoms with E-state index in [2.05, 4.69) is 39.1 Å². The van der Waals surface area contributed by atoms with Crippen molar-refractivity contribution in [1.29, 1.82) is 5.26 Å². The predicted molar refractivity (Wildman–Crippen MR) is 82.2 cm³/mol. The van der Waals surface area contributed by atoms with Gasteiger partial charge in [0, 0.05) is 22.7 Å². The third-order valence-corrected chi connectivity index (χ3v) is 4.36. The van der Waals surface area contributed by atoms with Gasteiger partial charge in [0.15, 0.2) is 0 Å². The van der Waals surface area contributed by atoms with Crippen molar-refractivity contribution in [2.45, 2.75) is 32.2 Å². The lowest BCUT2D eigenvalue weighted by molar-refractivity contribution is 0.180. The highest BCUT2D eigenvalue weighted by molar-refractivity contribution is 9.10. The van der Waals surface area contributed by atoms with Gasteiger partial charge in [-0.1, -0.05) is 6.42 Å². The van der Waals surface area contributed by atoms with E-state index in [4.69, 9.17) is 5.26 Å². The van der Waals surface area contributed by atoms with Gasteiger partial charge in [0.2, 0.25) is 0 Å². The topological polar surface area (TPSA) is 39.1 Å². The number of rotatable bonds is 4. The molecule has 1 heterocycles. The highest BCUT2D eigenvalue weighted by Crippen LogP contribution is 2.23. The molecule has 0 saturated carbocycles. The van der Waals surface area contributed by atoms with Crippen LogP contribution < -0.4 is 5.32 Å². The van der Waals surface area contributed by atoms with Crippen molar-refractivity contribution in [3.05, 3.63) is 28.2 Å².